The van der Waals surface area contributed by atoms with Gasteiger partial charge in [-0.25, -0.2) is 0 Å². The van der Waals surface area contributed by atoms with E-state index in [9.17, 15) is 9.59 Å². The van der Waals surface area contributed by atoms with Crippen LogP contribution in [0.1, 0.15) is 47.0 Å². The van der Waals surface area contributed by atoms with Crippen molar-refractivity contribution in [2.24, 2.45) is 5.41 Å². The third-order valence-electron chi connectivity index (χ3n) is 3.27. The first-order chi connectivity index (χ1) is 8.84. The molecule has 1 aliphatic rings. The molecular weight excluding hydrogens is 260 g/mol. The molecule has 0 heterocycles. The van der Waals surface area contributed by atoms with Crippen LogP contribution in [0.2, 0.25) is 0 Å². The summed E-state index contributed by atoms with van der Waals surface area (Å²) >= 11 is 1.92. The molecule has 0 aliphatic heterocycles. The average Bonchev–Trinajstić information content (AvgIpc) is 2.73. The standard InChI is InChI=1S/C14H26N2O2S/c1-5-19-11-8-6-7-10(11)16-12(17)9-15-13(18)14(2,3)4/h10-11H,5-9H2,1-4H3,(H,15,18)(H,16,17)/t10-,11-/m0/s1. The lowest BCUT2D eigenvalue weighted by atomic mass is 9.96. The summed E-state index contributed by atoms with van der Waals surface area (Å²) in [5.41, 5.74) is -0.450. The molecule has 0 unspecified atom stereocenters. The number of rotatable bonds is 5. The van der Waals surface area contributed by atoms with E-state index in [1.54, 1.807) is 0 Å². The fourth-order valence-electron chi connectivity index (χ4n) is 2.19. The molecule has 2 N–H and O–H groups in total. The summed E-state index contributed by atoms with van der Waals surface area (Å²) in [6, 6.07) is 0.268. The van der Waals surface area contributed by atoms with Gasteiger partial charge in [0, 0.05) is 16.7 Å². The average molecular weight is 286 g/mol. The lowest BCUT2D eigenvalue weighted by molar-refractivity contribution is -0.131. The van der Waals surface area contributed by atoms with Gasteiger partial charge in [-0.3, -0.25) is 9.59 Å². The highest BCUT2D eigenvalue weighted by atomic mass is 32.2. The molecule has 1 aliphatic carbocycles. The Morgan fingerprint density at radius 3 is 2.53 bits per heavy atom. The van der Waals surface area contributed by atoms with Crippen molar-refractivity contribution in [3.05, 3.63) is 0 Å². The van der Waals surface area contributed by atoms with Gasteiger partial charge < -0.3 is 10.6 Å². The number of hydrogen-bond donors (Lipinski definition) is 2. The van der Waals surface area contributed by atoms with E-state index in [1.807, 2.05) is 32.5 Å². The molecule has 0 aromatic heterocycles. The van der Waals surface area contributed by atoms with Crippen molar-refractivity contribution in [2.45, 2.75) is 58.2 Å². The van der Waals surface area contributed by atoms with Crippen LogP contribution in [0.5, 0.6) is 0 Å². The fourth-order valence-corrected chi connectivity index (χ4v) is 3.39. The maximum absolute atomic E-state index is 11.8. The summed E-state index contributed by atoms with van der Waals surface area (Å²) < 4.78 is 0. The van der Waals surface area contributed by atoms with E-state index in [0.717, 1.165) is 12.2 Å². The summed E-state index contributed by atoms with van der Waals surface area (Å²) in [6.07, 6.45) is 3.41. The highest BCUT2D eigenvalue weighted by Crippen LogP contribution is 2.29. The zero-order valence-corrected chi connectivity index (χ0v) is 13.2. The van der Waals surface area contributed by atoms with Crippen LogP contribution < -0.4 is 10.6 Å². The Kier molecular flexibility index (Phi) is 6.17. The maximum atomic E-state index is 11.8. The van der Waals surface area contributed by atoms with Crippen LogP contribution in [-0.4, -0.2) is 35.4 Å². The van der Waals surface area contributed by atoms with Crippen molar-refractivity contribution < 1.29 is 9.59 Å². The summed E-state index contributed by atoms with van der Waals surface area (Å²) in [4.78, 5) is 23.5. The molecule has 0 radical (unpaired) electrons. The lowest BCUT2D eigenvalue weighted by Crippen LogP contribution is -2.46. The second-order valence-corrected chi connectivity index (χ2v) is 7.55. The van der Waals surface area contributed by atoms with Gasteiger partial charge in [0.15, 0.2) is 0 Å². The maximum Gasteiger partial charge on any atom is 0.239 e. The van der Waals surface area contributed by atoms with Crippen molar-refractivity contribution in [1.29, 1.82) is 0 Å². The second-order valence-electron chi connectivity index (χ2n) is 6.03. The van der Waals surface area contributed by atoms with E-state index in [2.05, 4.69) is 17.6 Å². The Morgan fingerprint density at radius 2 is 1.95 bits per heavy atom. The Hall–Kier alpha value is -0.710. The van der Waals surface area contributed by atoms with E-state index >= 15 is 0 Å². The Labute approximate surface area is 120 Å². The van der Waals surface area contributed by atoms with E-state index in [4.69, 9.17) is 0 Å². The molecule has 2 amide bonds. The zero-order valence-electron chi connectivity index (χ0n) is 12.4. The van der Waals surface area contributed by atoms with Gasteiger partial charge in [0.05, 0.1) is 6.54 Å². The Balaban J connectivity index is 2.33. The largest absolute Gasteiger partial charge is 0.351 e. The molecule has 0 aromatic carbocycles. The van der Waals surface area contributed by atoms with E-state index in [1.165, 1.54) is 12.8 Å². The number of amides is 2. The van der Waals surface area contributed by atoms with E-state index < -0.39 is 5.41 Å². The quantitative estimate of drug-likeness (QED) is 0.812. The predicted octanol–water partition coefficient (Wildman–Crippen LogP) is 1.94. The number of carbonyl (C=O) groups excluding carboxylic acids is 2. The Bertz CT molecular complexity index is 326. The number of hydrogen-bond acceptors (Lipinski definition) is 3. The molecule has 19 heavy (non-hydrogen) atoms. The minimum Gasteiger partial charge on any atom is -0.351 e. The number of carbonyl (C=O) groups is 2. The molecule has 4 nitrogen and oxygen atoms in total. The highest BCUT2D eigenvalue weighted by molar-refractivity contribution is 7.99. The van der Waals surface area contributed by atoms with Crippen molar-refractivity contribution in [3.63, 3.8) is 0 Å². The third-order valence-corrected chi connectivity index (χ3v) is 4.60. The van der Waals surface area contributed by atoms with Gasteiger partial charge in [-0.2, -0.15) is 11.8 Å². The van der Waals surface area contributed by atoms with Gasteiger partial charge in [0.25, 0.3) is 0 Å². The van der Waals surface area contributed by atoms with Crippen LogP contribution >= 0.6 is 11.8 Å². The highest BCUT2D eigenvalue weighted by Gasteiger charge is 2.28. The third kappa shape index (κ3) is 5.43. The molecule has 0 bridgehead atoms. The zero-order chi connectivity index (χ0) is 14.5. The van der Waals surface area contributed by atoms with Crippen LogP contribution in [0.4, 0.5) is 0 Å². The summed E-state index contributed by atoms with van der Waals surface area (Å²) in [6.45, 7) is 7.74. The molecule has 0 saturated heterocycles. The lowest BCUT2D eigenvalue weighted by Gasteiger charge is -2.21. The normalized spacial score (nSPS) is 23.2. The summed E-state index contributed by atoms with van der Waals surface area (Å²) in [7, 11) is 0. The van der Waals surface area contributed by atoms with Gasteiger partial charge in [-0.1, -0.05) is 34.1 Å². The topological polar surface area (TPSA) is 58.2 Å². The second kappa shape index (κ2) is 7.17. The van der Waals surface area contributed by atoms with Gasteiger partial charge in [0.2, 0.25) is 11.8 Å². The monoisotopic (exact) mass is 286 g/mol. The predicted molar refractivity (Wildman–Crippen MR) is 80.2 cm³/mol. The van der Waals surface area contributed by atoms with Gasteiger partial charge >= 0.3 is 0 Å². The molecule has 0 aromatic rings. The molecule has 5 heteroatoms. The molecule has 110 valence electrons. The minimum atomic E-state index is -0.450. The fraction of sp³-hybridized carbons (Fsp3) is 0.857. The first-order valence-corrected chi connectivity index (χ1v) is 8.08. The molecule has 1 saturated carbocycles. The molecule has 1 fully saturated rings. The van der Waals surface area contributed by atoms with Gasteiger partial charge in [-0.05, 0) is 18.6 Å². The van der Waals surface area contributed by atoms with E-state index in [-0.39, 0.29) is 24.4 Å². The van der Waals surface area contributed by atoms with Crippen LogP contribution in [0.15, 0.2) is 0 Å². The molecule has 2 atom stereocenters. The van der Waals surface area contributed by atoms with Crippen molar-refractivity contribution in [1.82, 2.24) is 10.6 Å². The van der Waals surface area contributed by atoms with Crippen LogP contribution in [-0.2, 0) is 9.59 Å². The number of nitrogens with one attached hydrogen (secondary N) is 2. The van der Waals surface area contributed by atoms with Crippen LogP contribution in [0.3, 0.4) is 0 Å². The van der Waals surface area contributed by atoms with Crippen molar-refractivity contribution >= 4 is 23.6 Å². The first-order valence-electron chi connectivity index (χ1n) is 7.04. The van der Waals surface area contributed by atoms with Gasteiger partial charge in [0.1, 0.15) is 0 Å². The smallest absolute Gasteiger partial charge is 0.239 e. The minimum absolute atomic E-state index is 0.0776. The Morgan fingerprint density at radius 1 is 1.26 bits per heavy atom. The molecule has 1 rings (SSSR count). The molecule has 0 spiro atoms. The number of thioether (sulfide) groups is 1. The van der Waals surface area contributed by atoms with Gasteiger partial charge in [-0.15, -0.1) is 0 Å². The van der Waals surface area contributed by atoms with Crippen LogP contribution in [0.25, 0.3) is 0 Å². The first kappa shape index (κ1) is 16.3. The molecular formula is C14H26N2O2S. The SMILES string of the molecule is CCS[C@H]1CCC[C@@H]1NC(=O)CNC(=O)C(C)(C)C. The summed E-state index contributed by atoms with van der Waals surface area (Å²) in [5, 5.41) is 6.27. The summed E-state index contributed by atoms with van der Waals surface area (Å²) in [5.74, 6) is 0.914. The van der Waals surface area contributed by atoms with Crippen molar-refractivity contribution in [3.8, 4) is 0 Å². The van der Waals surface area contributed by atoms with E-state index in [0.29, 0.717) is 5.25 Å². The van der Waals surface area contributed by atoms with Crippen molar-refractivity contribution in [2.75, 3.05) is 12.3 Å². The van der Waals surface area contributed by atoms with Crippen LogP contribution in [0, 0.1) is 5.41 Å².